The van der Waals surface area contributed by atoms with E-state index < -0.39 is 5.41 Å². The zero-order valence-electron chi connectivity index (χ0n) is 18.9. The van der Waals surface area contributed by atoms with E-state index in [0.29, 0.717) is 11.5 Å². The predicted octanol–water partition coefficient (Wildman–Crippen LogP) is 2.08. The summed E-state index contributed by atoms with van der Waals surface area (Å²) in [5.41, 5.74) is -0.233. The number of likely N-dealkylation sites (tertiary alicyclic amines) is 1. The molecule has 3 atom stereocenters. The van der Waals surface area contributed by atoms with Gasteiger partial charge in [-0.25, -0.2) is 0 Å². The lowest BCUT2D eigenvalue weighted by Gasteiger charge is -2.48. The van der Waals surface area contributed by atoms with Crippen LogP contribution in [0.1, 0.15) is 61.7 Å². The van der Waals surface area contributed by atoms with Crippen LogP contribution in [-0.4, -0.2) is 89.2 Å². The number of amides is 2. The number of nitrogens with zero attached hydrogens (tertiary/aromatic N) is 4. The molecule has 1 aromatic rings. The highest BCUT2D eigenvalue weighted by Gasteiger charge is 2.61. The van der Waals surface area contributed by atoms with E-state index in [1.165, 1.54) is 0 Å². The molecule has 4 aliphatic heterocycles. The number of hydrogen-bond acceptors (Lipinski definition) is 6. The molecule has 5 heterocycles. The molecule has 8 heteroatoms. The summed E-state index contributed by atoms with van der Waals surface area (Å²) >= 11 is 0. The second-order valence-electron chi connectivity index (χ2n) is 10.1. The number of hydrogen-bond donors (Lipinski definition) is 0. The van der Waals surface area contributed by atoms with E-state index in [1.807, 2.05) is 4.90 Å². The van der Waals surface area contributed by atoms with Gasteiger partial charge >= 0.3 is 0 Å². The van der Waals surface area contributed by atoms with Crippen LogP contribution in [0.5, 0.6) is 0 Å². The van der Waals surface area contributed by atoms with Crippen molar-refractivity contribution in [3.05, 3.63) is 17.5 Å². The van der Waals surface area contributed by atoms with Gasteiger partial charge in [-0.2, -0.15) is 0 Å². The van der Waals surface area contributed by atoms with Crippen LogP contribution in [0.2, 0.25) is 0 Å². The SMILES string of the molecule is CC[C@]1(C(=O)N2CCC3(CC2)CN(C)CCO3)C[C@H]2CC[C@@H]1N2C(=O)c1cc(C)on1. The Morgan fingerprint density at radius 2 is 2.00 bits per heavy atom. The topological polar surface area (TPSA) is 79.1 Å². The average Bonchev–Trinajstić information content (AvgIpc) is 3.46. The van der Waals surface area contributed by atoms with Crippen LogP contribution in [0.4, 0.5) is 0 Å². The maximum atomic E-state index is 13.9. The minimum Gasteiger partial charge on any atom is -0.372 e. The van der Waals surface area contributed by atoms with E-state index in [-0.39, 0.29) is 29.5 Å². The van der Waals surface area contributed by atoms with Crippen LogP contribution in [-0.2, 0) is 9.53 Å². The first kappa shape index (κ1) is 20.9. The summed E-state index contributed by atoms with van der Waals surface area (Å²) in [7, 11) is 2.14. The van der Waals surface area contributed by atoms with Crippen molar-refractivity contribution in [3.63, 3.8) is 0 Å². The van der Waals surface area contributed by atoms with E-state index in [1.54, 1.807) is 13.0 Å². The highest BCUT2D eigenvalue weighted by molar-refractivity contribution is 5.95. The van der Waals surface area contributed by atoms with Gasteiger partial charge in [0.25, 0.3) is 5.91 Å². The molecular weight excluding hydrogens is 396 g/mol. The van der Waals surface area contributed by atoms with Crippen LogP contribution in [0.15, 0.2) is 10.6 Å². The van der Waals surface area contributed by atoms with Crippen LogP contribution >= 0.6 is 0 Å². The second kappa shape index (κ2) is 7.59. The Labute approximate surface area is 183 Å². The number of rotatable bonds is 3. The van der Waals surface area contributed by atoms with Crippen LogP contribution in [0.3, 0.4) is 0 Å². The van der Waals surface area contributed by atoms with Crippen molar-refractivity contribution in [1.82, 2.24) is 19.9 Å². The average molecular weight is 431 g/mol. The number of fused-ring (bicyclic) bond motifs is 2. The molecule has 4 fully saturated rings. The molecule has 2 amide bonds. The monoisotopic (exact) mass is 430 g/mol. The summed E-state index contributed by atoms with van der Waals surface area (Å²) in [6.07, 6.45) is 5.14. The van der Waals surface area contributed by atoms with Gasteiger partial charge in [-0.05, 0) is 52.5 Å². The van der Waals surface area contributed by atoms with Crippen LogP contribution in [0.25, 0.3) is 0 Å². The van der Waals surface area contributed by atoms with E-state index in [0.717, 1.165) is 71.3 Å². The maximum absolute atomic E-state index is 13.9. The molecule has 8 nitrogen and oxygen atoms in total. The summed E-state index contributed by atoms with van der Waals surface area (Å²) in [5, 5.41) is 3.94. The molecule has 31 heavy (non-hydrogen) atoms. The molecule has 0 unspecified atom stereocenters. The molecule has 0 N–H and O–H groups in total. The summed E-state index contributed by atoms with van der Waals surface area (Å²) in [4.78, 5) is 33.4. The number of aromatic nitrogens is 1. The number of morpholine rings is 1. The lowest BCUT2D eigenvalue weighted by atomic mass is 9.70. The summed E-state index contributed by atoms with van der Waals surface area (Å²) in [6.45, 7) is 8.06. The zero-order chi connectivity index (χ0) is 21.8. The third kappa shape index (κ3) is 3.30. The largest absolute Gasteiger partial charge is 0.372 e. The number of carbonyl (C=O) groups is 2. The first-order valence-electron chi connectivity index (χ1n) is 11.8. The Balaban J connectivity index is 1.32. The fourth-order valence-corrected chi connectivity index (χ4v) is 6.62. The standard InChI is InChI=1S/C23H34N4O4/c1-4-23(21(29)26-9-7-22(8-10-26)15-25(3)11-12-30-22)14-17-5-6-19(23)27(17)20(28)18-13-16(2)31-24-18/h13,17,19H,4-12,14-15H2,1-3H3/t17-,19+,23+/m1/s1. The number of ether oxygens (including phenoxy) is 1. The first-order valence-corrected chi connectivity index (χ1v) is 11.8. The van der Waals surface area contributed by atoms with Crippen molar-refractivity contribution >= 4 is 11.8 Å². The number of carbonyl (C=O) groups excluding carboxylic acids is 2. The lowest BCUT2D eigenvalue weighted by molar-refractivity contribution is -0.157. The molecule has 4 saturated heterocycles. The summed E-state index contributed by atoms with van der Waals surface area (Å²) in [5.74, 6) is 0.768. The molecule has 0 radical (unpaired) electrons. The quantitative estimate of drug-likeness (QED) is 0.731. The van der Waals surface area contributed by atoms with Gasteiger partial charge in [0.15, 0.2) is 5.69 Å². The molecule has 2 bridgehead atoms. The molecule has 1 aromatic heterocycles. The van der Waals surface area contributed by atoms with Gasteiger partial charge in [0.1, 0.15) is 5.76 Å². The summed E-state index contributed by atoms with van der Waals surface area (Å²) in [6, 6.07) is 1.76. The van der Waals surface area contributed by atoms with Gasteiger partial charge in [0.05, 0.1) is 17.6 Å². The van der Waals surface area contributed by atoms with E-state index in [4.69, 9.17) is 9.26 Å². The molecule has 0 saturated carbocycles. The number of likely N-dealkylation sites (N-methyl/N-ethyl adjacent to an activating group) is 1. The van der Waals surface area contributed by atoms with Gasteiger partial charge in [-0.15, -0.1) is 0 Å². The highest BCUT2D eigenvalue weighted by atomic mass is 16.5. The minimum absolute atomic E-state index is 0.0487. The lowest BCUT2D eigenvalue weighted by Crippen LogP contribution is -2.59. The Morgan fingerprint density at radius 3 is 2.65 bits per heavy atom. The van der Waals surface area contributed by atoms with Crippen LogP contribution < -0.4 is 0 Å². The zero-order valence-corrected chi connectivity index (χ0v) is 18.9. The summed E-state index contributed by atoms with van der Waals surface area (Å²) < 4.78 is 11.3. The normalized spacial score (nSPS) is 32.7. The van der Waals surface area contributed by atoms with Gasteiger partial charge in [-0.3, -0.25) is 9.59 Å². The van der Waals surface area contributed by atoms with E-state index >= 15 is 0 Å². The Bertz CT molecular complexity index is 862. The van der Waals surface area contributed by atoms with E-state index in [9.17, 15) is 9.59 Å². The Morgan fingerprint density at radius 1 is 1.23 bits per heavy atom. The smallest absolute Gasteiger partial charge is 0.276 e. The van der Waals surface area contributed by atoms with Crippen LogP contribution in [0, 0.1) is 12.3 Å². The third-order valence-electron chi connectivity index (χ3n) is 8.28. The fraction of sp³-hybridized carbons (Fsp3) is 0.783. The van der Waals surface area contributed by atoms with Gasteiger partial charge in [0.2, 0.25) is 5.91 Å². The van der Waals surface area contributed by atoms with Gasteiger partial charge in [0, 0.05) is 44.3 Å². The van der Waals surface area contributed by atoms with Gasteiger partial charge in [-0.1, -0.05) is 12.1 Å². The first-order chi connectivity index (χ1) is 14.9. The maximum Gasteiger partial charge on any atom is 0.276 e. The van der Waals surface area contributed by atoms with Crippen molar-refractivity contribution in [2.75, 3.05) is 39.8 Å². The molecule has 5 rings (SSSR count). The van der Waals surface area contributed by atoms with Crippen molar-refractivity contribution < 1.29 is 18.8 Å². The second-order valence-corrected chi connectivity index (χ2v) is 10.1. The molecule has 4 aliphatic rings. The minimum atomic E-state index is -0.480. The fourth-order valence-electron chi connectivity index (χ4n) is 6.62. The number of aryl methyl sites for hydroxylation is 1. The van der Waals surface area contributed by atoms with Crippen molar-refractivity contribution in [1.29, 1.82) is 0 Å². The predicted molar refractivity (Wildman–Crippen MR) is 114 cm³/mol. The molecule has 1 spiro atoms. The Hall–Kier alpha value is -1.93. The Kier molecular flexibility index (Phi) is 5.13. The van der Waals surface area contributed by atoms with Crippen molar-refractivity contribution in [2.45, 2.75) is 70.1 Å². The van der Waals surface area contributed by atoms with E-state index in [2.05, 4.69) is 28.9 Å². The molecule has 170 valence electrons. The highest BCUT2D eigenvalue weighted by Crippen LogP contribution is 2.53. The van der Waals surface area contributed by atoms with Gasteiger partial charge < -0.3 is 24.0 Å². The van der Waals surface area contributed by atoms with Crippen molar-refractivity contribution in [2.24, 2.45) is 5.41 Å². The number of piperidine rings is 1. The van der Waals surface area contributed by atoms with Crippen molar-refractivity contribution in [3.8, 4) is 0 Å². The molecule has 0 aliphatic carbocycles. The third-order valence-corrected chi connectivity index (χ3v) is 8.28. The molecule has 0 aromatic carbocycles. The molecular formula is C23H34N4O4.